The van der Waals surface area contributed by atoms with E-state index in [9.17, 15) is 35.5 Å². The summed E-state index contributed by atoms with van der Waals surface area (Å²) in [5.41, 5.74) is 0.772. The number of halogens is 4. The number of benzene rings is 4. The Morgan fingerprint density at radius 2 is 0.756 bits per heavy atom. The monoisotopic (exact) mass is 698 g/mol. The number of hydrogen-bond donors (Lipinski definition) is 0. The SMILES string of the molecule is O=C(c1ccc(Cl)cc1)c1ccc(Cl)c(S(=O)(=O)[O-])c1.O=C(c1ccc(Cl)cc1)c1ccc(Cl)c(S(=O)(=O)[O-])c1.[Ca+2]. The summed E-state index contributed by atoms with van der Waals surface area (Å²) < 4.78 is 66.2. The van der Waals surface area contributed by atoms with E-state index in [4.69, 9.17) is 46.4 Å². The van der Waals surface area contributed by atoms with E-state index in [0.717, 1.165) is 12.1 Å². The maximum Gasteiger partial charge on any atom is 2.00 e. The van der Waals surface area contributed by atoms with Crippen LogP contribution >= 0.6 is 46.4 Å². The summed E-state index contributed by atoms with van der Waals surface area (Å²) in [5, 5.41) is 0.515. The fraction of sp³-hybridized carbons (Fsp3) is 0. The molecule has 0 atom stereocenters. The molecular formula is C26H14CaCl4O8S2. The van der Waals surface area contributed by atoms with E-state index in [-0.39, 0.29) is 58.9 Å². The fourth-order valence-corrected chi connectivity index (χ4v) is 5.42. The summed E-state index contributed by atoms with van der Waals surface area (Å²) in [6, 6.07) is 19.2. The van der Waals surface area contributed by atoms with Crippen LogP contribution in [-0.4, -0.2) is 75.2 Å². The molecule has 208 valence electrons. The van der Waals surface area contributed by atoms with Crippen LogP contribution in [0.15, 0.2) is 94.7 Å². The molecule has 0 fully saturated rings. The van der Waals surface area contributed by atoms with E-state index in [1.165, 1.54) is 72.8 Å². The second-order valence-electron chi connectivity index (χ2n) is 7.87. The summed E-state index contributed by atoms with van der Waals surface area (Å²) in [4.78, 5) is 23.1. The molecule has 15 heteroatoms. The first-order valence-corrected chi connectivity index (χ1v) is 15.0. The minimum atomic E-state index is -4.73. The van der Waals surface area contributed by atoms with Gasteiger partial charge in [0.25, 0.3) is 0 Å². The van der Waals surface area contributed by atoms with Crippen molar-refractivity contribution in [2.24, 2.45) is 0 Å². The van der Waals surface area contributed by atoms with Gasteiger partial charge >= 0.3 is 37.7 Å². The average molecular weight is 700 g/mol. The molecule has 4 aromatic carbocycles. The third-order valence-corrected chi connectivity index (χ3v) is 8.28. The Hall–Kier alpha value is -1.54. The number of hydrogen-bond acceptors (Lipinski definition) is 8. The molecule has 4 aromatic rings. The fourth-order valence-electron chi connectivity index (χ4n) is 3.21. The smallest absolute Gasteiger partial charge is 0.744 e. The molecule has 0 aliphatic heterocycles. The maximum absolute atomic E-state index is 12.2. The van der Waals surface area contributed by atoms with Gasteiger partial charge in [-0.3, -0.25) is 9.59 Å². The molecule has 0 amide bonds. The molecule has 8 nitrogen and oxygen atoms in total. The molecule has 0 saturated heterocycles. The predicted molar refractivity (Wildman–Crippen MR) is 154 cm³/mol. The molecule has 4 rings (SSSR count). The Balaban J connectivity index is 0.000000280. The van der Waals surface area contributed by atoms with Gasteiger partial charge in [-0.2, -0.15) is 0 Å². The van der Waals surface area contributed by atoms with Crippen molar-refractivity contribution in [2.75, 3.05) is 0 Å². The van der Waals surface area contributed by atoms with Crippen LogP contribution in [0.4, 0.5) is 0 Å². The minimum Gasteiger partial charge on any atom is -0.744 e. The van der Waals surface area contributed by atoms with Gasteiger partial charge in [0.1, 0.15) is 20.2 Å². The van der Waals surface area contributed by atoms with Gasteiger partial charge in [0.2, 0.25) is 0 Å². The van der Waals surface area contributed by atoms with Crippen LogP contribution in [0.25, 0.3) is 0 Å². The molecular weight excluding hydrogens is 686 g/mol. The molecule has 0 aromatic heterocycles. The zero-order valence-electron chi connectivity index (χ0n) is 20.4. The molecule has 0 radical (unpaired) electrons. The summed E-state index contributed by atoms with van der Waals surface area (Å²) in [5.74, 6) is -0.855. The second kappa shape index (κ2) is 14.8. The van der Waals surface area contributed by atoms with Crippen molar-refractivity contribution in [2.45, 2.75) is 9.79 Å². The summed E-state index contributed by atoms with van der Waals surface area (Å²) >= 11 is 22.7. The average Bonchev–Trinajstić information content (AvgIpc) is 2.88. The maximum atomic E-state index is 12.2. The molecule has 0 aliphatic rings. The van der Waals surface area contributed by atoms with Crippen LogP contribution in [0.1, 0.15) is 31.8 Å². The van der Waals surface area contributed by atoms with Crippen molar-refractivity contribution in [3.05, 3.63) is 127 Å². The van der Waals surface area contributed by atoms with Gasteiger partial charge < -0.3 is 9.11 Å². The van der Waals surface area contributed by atoms with Crippen LogP contribution in [-0.2, 0) is 20.2 Å². The quantitative estimate of drug-likeness (QED) is 0.138. The normalized spacial score (nSPS) is 11.1. The summed E-state index contributed by atoms with van der Waals surface area (Å²) in [6.07, 6.45) is 0. The van der Waals surface area contributed by atoms with Crippen LogP contribution in [0, 0.1) is 0 Å². The first-order valence-electron chi connectivity index (χ1n) is 10.7. The minimum absolute atomic E-state index is 0. The zero-order valence-corrected chi connectivity index (χ0v) is 27.2. The van der Waals surface area contributed by atoms with Gasteiger partial charge in [0.15, 0.2) is 11.6 Å². The van der Waals surface area contributed by atoms with Gasteiger partial charge in [-0.05, 0) is 84.9 Å². The largest absolute Gasteiger partial charge is 2.00 e. The molecule has 41 heavy (non-hydrogen) atoms. The van der Waals surface area contributed by atoms with E-state index >= 15 is 0 Å². The van der Waals surface area contributed by atoms with Crippen LogP contribution in [0.2, 0.25) is 20.1 Å². The Morgan fingerprint density at radius 1 is 0.488 bits per heavy atom. The Kier molecular flexibility index (Phi) is 12.8. The van der Waals surface area contributed by atoms with Crippen molar-refractivity contribution in [3.63, 3.8) is 0 Å². The van der Waals surface area contributed by atoms with Gasteiger partial charge in [0, 0.05) is 32.3 Å². The number of carbonyl (C=O) groups is 2. The van der Waals surface area contributed by atoms with Crippen molar-refractivity contribution in [3.8, 4) is 0 Å². The molecule has 0 unspecified atom stereocenters. The van der Waals surface area contributed by atoms with E-state index in [1.54, 1.807) is 0 Å². The van der Waals surface area contributed by atoms with Crippen molar-refractivity contribution < 1.29 is 35.5 Å². The van der Waals surface area contributed by atoms with Crippen LogP contribution in [0.3, 0.4) is 0 Å². The third kappa shape index (κ3) is 9.74. The van der Waals surface area contributed by atoms with Crippen molar-refractivity contribution >= 4 is 116 Å². The van der Waals surface area contributed by atoms with E-state index in [2.05, 4.69) is 0 Å². The van der Waals surface area contributed by atoms with Gasteiger partial charge in [-0.1, -0.05) is 46.4 Å². The summed E-state index contributed by atoms with van der Waals surface area (Å²) in [6.45, 7) is 0. The first kappa shape index (κ1) is 35.7. The Labute approximate surface area is 285 Å². The van der Waals surface area contributed by atoms with Gasteiger partial charge in [-0.15, -0.1) is 0 Å². The van der Waals surface area contributed by atoms with E-state index in [0.29, 0.717) is 21.2 Å². The van der Waals surface area contributed by atoms with Gasteiger partial charge in [-0.25, -0.2) is 16.8 Å². The number of ketones is 2. The first-order chi connectivity index (χ1) is 18.6. The predicted octanol–water partition coefficient (Wildman–Crippen LogP) is 5.88. The van der Waals surface area contributed by atoms with Crippen LogP contribution < -0.4 is 0 Å². The third-order valence-electron chi connectivity index (χ3n) is 5.14. The second-order valence-corrected chi connectivity index (χ2v) is 12.3. The van der Waals surface area contributed by atoms with Gasteiger partial charge in [0.05, 0.1) is 19.8 Å². The topological polar surface area (TPSA) is 149 Å². The molecule has 0 aliphatic carbocycles. The molecule has 0 N–H and O–H groups in total. The Morgan fingerprint density at radius 3 is 1.02 bits per heavy atom. The molecule has 0 bridgehead atoms. The standard InChI is InChI=1S/2C13H8Cl2O4S.Ca/c2*14-10-4-1-8(2-5-10)13(16)9-3-6-11(15)12(7-9)20(17,18)19;/h2*1-7H,(H,17,18,19);/q;;+2/p-2. The molecule has 0 spiro atoms. The van der Waals surface area contributed by atoms with E-state index < -0.39 is 41.6 Å². The number of rotatable bonds is 6. The number of carbonyl (C=O) groups excluding carboxylic acids is 2. The Bertz CT molecular complexity index is 1680. The molecule has 0 saturated carbocycles. The van der Waals surface area contributed by atoms with Crippen molar-refractivity contribution in [1.29, 1.82) is 0 Å². The summed E-state index contributed by atoms with van der Waals surface area (Å²) in [7, 11) is -9.47. The van der Waals surface area contributed by atoms with Crippen LogP contribution in [0.5, 0.6) is 0 Å². The molecule has 0 heterocycles. The van der Waals surface area contributed by atoms with Crippen molar-refractivity contribution in [1.82, 2.24) is 0 Å². The zero-order chi connectivity index (χ0) is 29.8. The van der Waals surface area contributed by atoms with E-state index in [1.807, 2.05) is 0 Å².